The molecular formula is C20H18FN3O2. The molecule has 26 heavy (non-hydrogen) atoms. The standard InChI is InChI=1S/C20H18FN3O2/c1-12-2-5-16(21)8-18(12)14-4-3-13-7-19(22-9-15(13)6-14)24-20(25)23-17-10-26-11-17/h2-9,17H,10-11H2,1H3,(H2,22,23,24,25). The van der Waals surface area contributed by atoms with E-state index in [0.29, 0.717) is 19.0 Å². The molecule has 0 unspecified atom stereocenters. The number of rotatable bonds is 3. The number of aromatic nitrogens is 1. The summed E-state index contributed by atoms with van der Waals surface area (Å²) in [6, 6.07) is 12.2. The lowest BCUT2D eigenvalue weighted by atomic mass is 9.98. The minimum atomic E-state index is -0.294. The second kappa shape index (κ2) is 6.72. The molecule has 0 spiro atoms. The van der Waals surface area contributed by atoms with Gasteiger partial charge in [0.1, 0.15) is 11.6 Å². The average Bonchev–Trinajstić information content (AvgIpc) is 2.60. The van der Waals surface area contributed by atoms with Gasteiger partial charge in [0.15, 0.2) is 0 Å². The fraction of sp³-hybridized carbons (Fsp3) is 0.200. The van der Waals surface area contributed by atoms with Gasteiger partial charge in [-0.1, -0.05) is 18.2 Å². The number of hydrogen-bond acceptors (Lipinski definition) is 3. The predicted octanol–water partition coefficient (Wildman–Crippen LogP) is 3.87. The van der Waals surface area contributed by atoms with E-state index in [4.69, 9.17) is 4.74 Å². The highest BCUT2D eigenvalue weighted by molar-refractivity contribution is 5.93. The summed E-state index contributed by atoms with van der Waals surface area (Å²) in [5.74, 6) is 0.219. The maximum Gasteiger partial charge on any atom is 0.320 e. The number of anilines is 1. The van der Waals surface area contributed by atoms with E-state index in [1.165, 1.54) is 12.1 Å². The van der Waals surface area contributed by atoms with E-state index in [1.54, 1.807) is 12.3 Å². The zero-order valence-corrected chi connectivity index (χ0v) is 14.3. The largest absolute Gasteiger partial charge is 0.377 e. The Bertz CT molecular complexity index is 986. The molecule has 2 N–H and O–H groups in total. The number of halogens is 1. The van der Waals surface area contributed by atoms with Crippen molar-refractivity contribution in [3.05, 3.63) is 60.0 Å². The lowest BCUT2D eigenvalue weighted by Gasteiger charge is -2.26. The molecule has 132 valence electrons. The summed E-state index contributed by atoms with van der Waals surface area (Å²) in [6.07, 6.45) is 1.70. The summed E-state index contributed by atoms with van der Waals surface area (Å²) in [7, 11) is 0. The summed E-state index contributed by atoms with van der Waals surface area (Å²) >= 11 is 0. The first kappa shape index (κ1) is 16.5. The molecule has 1 fully saturated rings. The molecule has 3 aromatic rings. The van der Waals surface area contributed by atoms with Crippen LogP contribution in [0.25, 0.3) is 21.9 Å². The van der Waals surface area contributed by atoms with Crippen molar-refractivity contribution >= 4 is 22.6 Å². The maximum absolute atomic E-state index is 13.6. The molecule has 2 amide bonds. The minimum Gasteiger partial charge on any atom is -0.377 e. The lowest BCUT2D eigenvalue weighted by molar-refractivity contribution is 0.000731. The minimum absolute atomic E-state index is 0.0625. The quantitative estimate of drug-likeness (QED) is 0.753. The number of amides is 2. The number of ether oxygens (including phenoxy) is 1. The zero-order valence-electron chi connectivity index (χ0n) is 14.3. The second-order valence-corrected chi connectivity index (χ2v) is 6.42. The molecule has 1 aliphatic heterocycles. The van der Waals surface area contributed by atoms with Crippen molar-refractivity contribution < 1.29 is 13.9 Å². The molecule has 0 bridgehead atoms. The van der Waals surface area contributed by atoms with Gasteiger partial charge in [-0.15, -0.1) is 0 Å². The lowest BCUT2D eigenvalue weighted by Crippen LogP contribution is -2.50. The van der Waals surface area contributed by atoms with Crippen molar-refractivity contribution in [3.8, 4) is 11.1 Å². The highest BCUT2D eigenvalue weighted by Gasteiger charge is 2.20. The van der Waals surface area contributed by atoms with Gasteiger partial charge in [-0.25, -0.2) is 14.2 Å². The van der Waals surface area contributed by atoms with Gasteiger partial charge in [0.25, 0.3) is 0 Å². The number of urea groups is 1. The van der Waals surface area contributed by atoms with Gasteiger partial charge >= 0.3 is 6.03 Å². The van der Waals surface area contributed by atoms with Crippen LogP contribution in [0.15, 0.2) is 48.7 Å². The third kappa shape index (κ3) is 3.36. The van der Waals surface area contributed by atoms with Gasteiger partial charge in [0, 0.05) is 11.6 Å². The summed E-state index contributed by atoms with van der Waals surface area (Å²) in [4.78, 5) is 16.2. The van der Waals surface area contributed by atoms with Crippen molar-refractivity contribution in [1.29, 1.82) is 0 Å². The Hall–Kier alpha value is -2.99. The fourth-order valence-electron chi connectivity index (χ4n) is 2.94. The summed E-state index contributed by atoms with van der Waals surface area (Å²) in [6.45, 7) is 3.04. The van der Waals surface area contributed by atoms with E-state index in [1.807, 2.05) is 31.2 Å². The molecule has 0 radical (unpaired) electrons. The molecule has 1 saturated heterocycles. The van der Waals surface area contributed by atoms with Crippen LogP contribution in [0.2, 0.25) is 0 Å². The van der Waals surface area contributed by atoms with E-state index in [2.05, 4.69) is 15.6 Å². The Balaban J connectivity index is 1.57. The van der Waals surface area contributed by atoms with Crippen LogP contribution >= 0.6 is 0 Å². The zero-order chi connectivity index (χ0) is 18.1. The predicted molar refractivity (Wildman–Crippen MR) is 98.6 cm³/mol. The first-order chi connectivity index (χ1) is 12.6. The third-order valence-corrected chi connectivity index (χ3v) is 4.45. The molecule has 6 heteroatoms. The molecule has 1 aromatic heterocycles. The van der Waals surface area contributed by atoms with Crippen LogP contribution in [0.4, 0.5) is 15.0 Å². The van der Waals surface area contributed by atoms with Crippen LogP contribution < -0.4 is 10.6 Å². The van der Waals surface area contributed by atoms with Crippen LogP contribution in [0.1, 0.15) is 5.56 Å². The third-order valence-electron chi connectivity index (χ3n) is 4.45. The van der Waals surface area contributed by atoms with Crippen molar-refractivity contribution in [2.24, 2.45) is 0 Å². The number of pyridine rings is 1. The van der Waals surface area contributed by atoms with Crippen molar-refractivity contribution in [2.45, 2.75) is 13.0 Å². The molecule has 0 aliphatic carbocycles. The fourth-order valence-corrected chi connectivity index (χ4v) is 2.94. The number of benzene rings is 2. The Labute approximate surface area is 150 Å². The normalized spacial score (nSPS) is 14.1. The highest BCUT2D eigenvalue weighted by Crippen LogP contribution is 2.28. The highest BCUT2D eigenvalue weighted by atomic mass is 19.1. The number of fused-ring (bicyclic) bond motifs is 1. The number of carbonyl (C=O) groups is 1. The summed E-state index contributed by atoms with van der Waals surface area (Å²) < 4.78 is 18.6. The molecule has 1 aliphatic rings. The summed E-state index contributed by atoms with van der Waals surface area (Å²) in [5, 5.41) is 7.40. The molecule has 2 heterocycles. The van der Waals surface area contributed by atoms with Crippen LogP contribution in [0.5, 0.6) is 0 Å². The summed E-state index contributed by atoms with van der Waals surface area (Å²) in [5.41, 5.74) is 2.80. The van der Waals surface area contributed by atoms with Gasteiger partial charge in [-0.3, -0.25) is 5.32 Å². The second-order valence-electron chi connectivity index (χ2n) is 6.42. The van der Waals surface area contributed by atoms with E-state index >= 15 is 0 Å². The molecule has 0 saturated carbocycles. The van der Waals surface area contributed by atoms with Crippen LogP contribution in [0.3, 0.4) is 0 Å². The van der Waals surface area contributed by atoms with Gasteiger partial charge in [-0.2, -0.15) is 0 Å². The smallest absolute Gasteiger partial charge is 0.320 e. The topological polar surface area (TPSA) is 63.2 Å². The van der Waals surface area contributed by atoms with E-state index in [0.717, 1.165) is 27.5 Å². The van der Waals surface area contributed by atoms with Gasteiger partial charge in [0.2, 0.25) is 0 Å². The first-order valence-corrected chi connectivity index (χ1v) is 8.40. The number of carbonyl (C=O) groups excluding carboxylic acids is 1. The maximum atomic E-state index is 13.6. The Morgan fingerprint density at radius 2 is 2.00 bits per heavy atom. The van der Waals surface area contributed by atoms with Gasteiger partial charge in [0.05, 0.1) is 19.3 Å². The van der Waals surface area contributed by atoms with E-state index in [9.17, 15) is 9.18 Å². The van der Waals surface area contributed by atoms with Gasteiger partial charge in [-0.05, 0) is 53.3 Å². The molecular weight excluding hydrogens is 333 g/mol. The van der Waals surface area contributed by atoms with E-state index in [-0.39, 0.29) is 17.9 Å². The average molecular weight is 351 g/mol. The number of nitrogens with zero attached hydrogens (tertiary/aromatic N) is 1. The van der Waals surface area contributed by atoms with Crippen LogP contribution in [-0.2, 0) is 4.74 Å². The Kier molecular flexibility index (Phi) is 4.26. The van der Waals surface area contributed by atoms with Crippen molar-refractivity contribution in [3.63, 3.8) is 0 Å². The molecule has 5 nitrogen and oxygen atoms in total. The monoisotopic (exact) mass is 351 g/mol. The Morgan fingerprint density at radius 3 is 2.77 bits per heavy atom. The SMILES string of the molecule is Cc1ccc(F)cc1-c1ccc2cc(NC(=O)NC3COC3)ncc2c1. The molecule has 0 atom stereocenters. The van der Waals surface area contributed by atoms with Crippen molar-refractivity contribution in [1.82, 2.24) is 10.3 Å². The van der Waals surface area contributed by atoms with E-state index < -0.39 is 0 Å². The number of hydrogen-bond donors (Lipinski definition) is 2. The van der Waals surface area contributed by atoms with Crippen LogP contribution in [0, 0.1) is 12.7 Å². The van der Waals surface area contributed by atoms with Crippen molar-refractivity contribution in [2.75, 3.05) is 18.5 Å². The number of nitrogens with one attached hydrogen (secondary N) is 2. The van der Waals surface area contributed by atoms with Gasteiger partial charge < -0.3 is 10.1 Å². The first-order valence-electron chi connectivity index (χ1n) is 8.40. The van der Waals surface area contributed by atoms with Crippen LogP contribution in [-0.4, -0.2) is 30.3 Å². The molecule has 2 aromatic carbocycles. The number of aryl methyl sites for hydroxylation is 1. The molecule has 4 rings (SSSR count). The Morgan fingerprint density at radius 1 is 1.15 bits per heavy atom.